The zero-order valence-corrected chi connectivity index (χ0v) is 18.1. The van der Waals surface area contributed by atoms with Gasteiger partial charge in [-0.3, -0.25) is 9.69 Å². The molecule has 0 atom stereocenters. The van der Waals surface area contributed by atoms with E-state index in [9.17, 15) is 4.79 Å². The molecule has 9 heteroatoms. The Kier molecular flexibility index (Phi) is 10.3. The van der Waals surface area contributed by atoms with Crippen molar-refractivity contribution in [3.63, 3.8) is 0 Å². The number of likely N-dealkylation sites (tertiary alicyclic amines) is 1. The fraction of sp³-hybridized carbons (Fsp3) is 0.688. The summed E-state index contributed by atoms with van der Waals surface area (Å²) in [5, 5.41) is 10.0. The van der Waals surface area contributed by atoms with Crippen LogP contribution in [-0.2, 0) is 17.8 Å². The predicted octanol–water partition coefficient (Wildman–Crippen LogP) is 1.33. The number of aliphatic imine (C=N–C) groups is 1. The Hall–Kier alpha value is -0.940. The lowest BCUT2D eigenvalue weighted by Crippen LogP contribution is -2.49. The molecule has 1 fully saturated rings. The van der Waals surface area contributed by atoms with Crippen molar-refractivity contribution in [2.45, 2.75) is 45.7 Å². The van der Waals surface area contributed by atoms with E-state index in [1.807, 2.05) is 0 Å². The minimum absolute atomic E-state index is 0. The van der Waals surface area contributed by atoms with E-state index in [1.165, 1.54) is 0 Å². The molecule has 1 amide bonds. The van der Waals surface area contributed by atoms with E-state index in [0.29, 0.717) is 19.1 Å². The van der Waals surface area contributed by atoms with E-state index in [2.05, 4.69) is 44.7 Å². The van der Waals surface area contributed by atoms with Crippen LogP contribution < -0.4 is 16.4 Å². The van der Waals surface area contributed by atoms with Gasteiger partial charge in [-0.15, -0.1) is 35.3 Å². The van der Waals surface area contributed by atoms with Crippen molar-refractivity contribution in [2.24, 2.45) is 10.7 Å². The summed E-state index contributed by atoms with van der Waals surface area (Å²) in [4.78, 5) is 22.3. The van der Waals surface area contributed by atoms with Gasteiger partial charge in [-0.05, 0) is 26.2 Å². The van der Waals surface area contributed by atoms with E-state index in [-0.39, 0.29) is 29.9 Å². The number of aryl methyl sites for hydroxylation is 1. The van der Waals surface area contributed by atoms with Crippen molar-refractivity contribution in [2.75, 3.05) is 26.2 Å². The van der Waals surface area contributed by atoms with Gasteiger partial charge in [0.2, 0.25) is 5.91 Å². The number of halogens is 1. The molecule has 0 bridgehead atoms. The normalized spacial score (nSPS) is 16.3. The fourth-order valence-electron chi connectivity index (χ4n) is 2.71. The number of guanidine groups is 1. The van der Waals surface area contributed by atoms with Crippen molar-refractivity contribution in [3.8, 4) is 0 Å². The molecule has 4 N–H and O–H groups in total. The third-order valence-electron chi connectivity index (χ3n) is 3.95. The summed E-state index contributed by atoms with van der Waals surface area (Å²) in [5.74, 6) is 0.572. The Morgan fingerprint density at radius 3 is 2.72 bits per heavy atom. The highest BCUT2D eigenvalue weighted by Gasteiger charge is 2.20. The molecule has 0 aliphatic carbocycles. The van der Waals surface area contributed by atoms with Crippen LogP contribution in [-0.4, -0.2) is 54.0 Å². The number of hydrogen-bond donors (Lipinski definition) is 3. The Morgan fingerprint density at radius 2 is 2.16 bits per heavy atom. The lowest BCUT2D eigenvalue weighted by molar-refractivity contribution is -0.119. The standard InChI is InChI=1S/C16H28N6OS.HI/c1-3-15-20-13(11-24-15)9-19-16(18-4-2)21-12-5-7-22(8-6-12)10-14(17)23;/h11-12H,3-10H2,1-2H3,(H2,17,23)(H2,18,19,21);1H. The first kappa shape index (κ1) is 22.1. The minimum Gasteiger partial charge on any atom is -0.369 e. The summed E-state index contributed by atoms with van der Waals surface area (Å²) in [5.41, 5.74) is 6.27. The van der Waals surface area contributed by atoms with Gasteiger partial charge in [-0.1, -0.05) is 6.92 Å². The lowest BCUT2D eigenvalue weighted by atomic mass is 10.1. The van der Waals surface area contributed by atoms with Crippen molar-refractivity contribution >= 4 is 47.2 Å². The molecule has 0 aromatic carbocycles. The minimum atomic E-state index is -0.258. The number of carbonyl (C=O) groups is 1. The molecule has 1 aliphatic heterocycles. The molecular weight excluding hydrogens is 451 g/mol. The molecule has 1 aromatic heterocycles. The molecule has 0 saturated carbocycles. The molecule has 25 heavy (non-hydrogen) atoms. The molecule has 1 aromatic rings. The van der Waals surface area contributed by atoms with Gasteiger partial charge in [-0.2, -0.15) is 0 Å². The number of carbonyl (C=O) groups excluding carboxylic acids is 1. The third kappa shape index (κ3) is 7.87. The second-order valence-electron chi connectivity index (χ2n) is 5.94. The van der Waals surface area contributed by atoms with Gasteiger partial charge in [0.25, 0.3) is 0 Å². The number of nitrogens with zero attached hydrogens (tertiary/aromatic N) is 3. The Morgan fingerprint density at radius 1 is 1.44 bits per heavy atom. The zero-order chi connectivity index (χ0) is 17.4. The molecule has 1 aliphatic rings. The fourth-order valence-corrected chi connectivity index (χ4v) is 3.45. The molecule has 0 spiro atoms. The number of rotatable bonds is 7. The summed E-state index contributed by atoms with van der Waals surface area (Å²) in [6, 6.07) is 0.369. The topological polar surface area (TPSA) is 95.6 Å². The number of piperidine rings is 1. The quantitative estimate of drug-likeness (QED) is 0.311. The summed E-state index contributed by atoms with van der Waals surface area (Å²) in [6.07, 6.45) is 2.93. The zero-order valence-electron chi connectivity index (χ0n) is 15.0. The number of aromatic nitrogens is 1. The monoisotopic (exact) mass is 480 g/mol. The first-order valence-electron chi connectivity index (χ1n) is 8.59. The number of thiazole rings is 1. The van der Waals surface area contributed by atoms with Crippen molar-refractivity contribution in [1.82, 2.24) is 20.5 Å². The molecule has 142 valence electrons. The van der Waals surface area contributed by atoms with Crippen LogP contribution in [0, 0.1) is 0 Å². The van der Waals surface area contributed by atoms with E-state index in [0.717, 1.165) is 55.6 Å². The third-order valence-corrected chi connectivity index (χ3v) is 4.99. The highest BCUT2D eigenvalue weighted by Crippen LogP contribution is 2.12. The summed E-state index contributed by atoms with van der Waals surface area (Å²) in [6.45, 7) is 7.70. The lowest BCUT2D eigenvalue weighted by Gasteiger charge is -2.32. The molecule has 0 radical (unpaired) electrons. The molecule has 2 rings (SSSR count). The molecule has 0 unspecified atom stereocenters. The van der Waals surface area contributed by atoms with E-state index >= 15 is 0 Å². The first-order valence-corrected chi connectivity index (χ1v) is 9.47. The number of nitrogens with one attached hydrogen (secondary N) is 2. The number of amides is 1. The van der Waals surface area contributed by atoms with E-state index in [1.54, 1.807) is 11.3 Å². The molecular formula is C16H29IN6OS. The molecule has 1 saturated heterocycles. The summed E-state index contributed by atoms with van der Waals surface area (Å²) in [7, 11) is 0. The number of nitrogens with two attached hydrogens (primary N) is 1. The SMILES string of the molecule is CCNC(=NCc1csc(CC)n1)NC1CCN(CC(N)=O)CC1.I. The maximum absolute atomic E-state index is 11.0. The second kappa shape index (κ2) is 11.6. The van der Waals surface area contributed by atoms with Crippen molar-refractivity contribution in [1.29, 1.82) is 0 Å². The van der Waals surface area contributed by atoms with Gasteiger partial charge >= 0.3 is 0 Å². The Bertz CT molecular complexity index is 557. The molecule has 2 heterocycles. The van der Waals surface area contributed by atoms with Crippen molar-refractivity contribution < 1.29 is 4.79 Å². The van der Waals surface area contributed by atoms with E-state index < -0.39 is 0 Å². The Balaban J connectivity index is 0.00000312. The summed E-state index contributed by atoms with van der Waals surface area (Å²) >= 11 is 1.69. The maximum atomic E-state index is 11.0. The van der Waals surface area contributed by atoms with Crippen LogP contribution in [0.5, 0.6) is 0 Å². The van der Waals surface area contributed by atoms with Gasteiger partial charge in [0, 0.05) is 31.1 Å². The van der Waals surface area contributed by atoms with Gasteiger partial charge in [0.05, 0.1) is 23.8 Å². The highest BCUT2D eigenvalue weighted by molar-refractivity contribution is 14.0. The number of primary amides is 1. The van der Waals surface area contributed by atoms with Gasteiger partial charge in [0.1, 0.15) is 0 Å². The predicted molar refractivity (Wildman–Crippen MR) is 114 cm³/mol. The average molecular weight is 480 g/mol. The number of hydrogen-bond acceptors (Lipinski definition) is 5. The maximum Gasteiger partial charge on any atom is 0.231 e. The largest absolute Gasteiger partial charge is 0.369 e. The van der Waals surface area contributed by atoms with Crippen LogP contribution in [0.25, 0.3) is 0 Å². The van der Waals surface area contributed by atoms with Crippen LogP contribution in [0.3, 0.4) is 0 Å². The molecule has 7 nitrogen and oxygen atoms in total. The average Bonchev–Trinajstić information content (AvgIpc) is 3.02. The van der Waals surface area contributed by atoms with Crippen LogP contribution in [0.4, 0.5) is 0 Å². The van der Waals surface area contributed by atoms with Crippen LogP contribution >= 0.6 is 35.3 Å². The Labute approximate surface area is 170 Å². The van der Waals surface area contributed by atoms with Crippen LogP contribution in [0.2, 0.25) is 0 Å². The van der Waals surface area contributed by atoms with Gasteiger partial charge < -0.3 is 16.4 Å². The first-order chi connectivity index (χ1) is 11.6. The van der Waals surface area contributed by atoms with Gasteiger partial charge in [0.15, 0.2) is 5.96 Å². The van der Waals surface area contributed by atoms with Crippen molar-refractivity contribution in [3.05, 3.63) is 16.1 Å². The highest BCUT2D eigenvalue weighted by atomic mass is 127. The van der Waals surface area contributed by atoms with E-state index in [4.69, 9.17) is 5.73 Å². The second-order valence-corrected chi connectivity index (χ2v) is 6.89. The smallest absolute Gasteiger partial charge is 0.231 e. The van der Waals surface area contributed by atoms with Gasteiger partial charge in [-0.25, -0.2) is 9.98 Å². The van der Waals surface area contributed by atoms with Crippen LogP contribution in [0.15, 0.2) is 10.4 Å². The van der Waals surface area contributed by atoms with Crippen LogP contribution in [0.1, 0.15) is 37.4 Å². The summed E-state index contributed by atoms with van der Waals surface area (Å²) < 4.78 is 0.